The van der Waals surface area contributed by atoms with Crippen molar-refractivity contribution in [2.24, 2.45) is 0 Å². The Bertz CT molecular complexity index is 543. The second-order valence-electron chi connectivity index (χ2n) is 5.17. The van der Waals surface area contributed by atoms with Gasteiger partial charge in [-0.3, -0.25) is 9.59 Å². The number of aromatic nitrogens is 1. The van der Waals surface area contributed by atoms with Gasteiger partial charge in [0.15, 0.2) is 0 Å². The van der Waals surface area contributed by atoms with Crippen LogP contribution in [0.25, 0.3) is 0 Å². The average Bonchev–Trinajstić information content (AvgIpc) is 2.42. The Labute approximate surface area is 126 Å². The van der Waals surface area contributed by atoms with E-state index in [1.54, 1.807) is 16.8 Å². The van der Waals surface area contributed by atoms with E-state index in [2.05, 4.69) is 15.9 Å². The molecule has 0 aromatic carbocycles. The molecule has 0 spiro atoms. The van der Waals surface area contributed by atoms with Crippen LogP contribution >= 0.6 is 15.9 Å². The second kappa shape index (κ2) is 6.54. The molecular formula is C14H19BrN2O3. The summed E-state index contributed by atoms with van der Waals surface area (Å²) in [6, 6.07) is 3.29. The van der Waals surface area contributed by atoms with Crippen LogP contribution < -0.4 is 5.56 Å². The highest BCUT2D eigenvalue weighted by molar-refractivity contribution is 9.10. The summed E-state index contributed by atoms with van der Waals surface area (Å²) >= 11 is 3.33. The molecule has 1 aromatic heterocycles. The summed E-state index contributed by atoms with van der Waals surface area (Å²) in [4.78, 5) is 25.8. The first-order chi connectivity index (χ1) is 9.47. The molecule has 20 heavy (non-hydrogen) atoms. The summed E-state index contributed by atoms with van der Waals surface area (Å²) < 4.78 is 7.90. The topological polar surface area (TPSA) is 51.5 Å². The Morgan fingerprint density at radius 3 is 2.95 bits per heavy atom. The van der Waals surface area contributed by atoms with Crippen molar-refractivity contribution < 1.29 is 9.53 Å². The van der Waals surface area contributed by atoms with E-state index in [0.717, 1.165) is 4.47 Å². The van der Waals surface area contributed by atoms with Gasteiger partial charge >= 0.3 is 0 Å². The second-order valence-corrected chi connectivity index (χ2v) is 6.08. The highest BCUT2D eigenvalue weighted by Gasteiger charge is 2.27. The van der Waals surface area contributed by atoms with E-state index in [4.69, 9.17) is 4.74 Å². The number of carbonyl (C=O) groups is 1. The summed E-state index contributed by atoms with van der Waals surface area (Å²) in [6.07, 6.45) is 2.11. The number of carbonyl (C=O) groups excluding carboxylic acids is 1. The van der Waals surface area contributed by atoms with Crippen molar-refractivity contribution in [3.8, 4) is 0 Å². The van der Waals surface area contributed by atoms with Gasteiger partial charge in [-0.1, -0.05) is 0 Å². The molecule has 1 aliphatic heterocycles. The summed E-state index contributed by atoms with van der Waals surface area (Å²) in [7, 11) is 0. The van der Waals surface area contributed by atoms with Gasteiger partial charge in [0, 0.05) is 36.2 Å². The monoisotopic (exact) mass is 342 g/mol. The lowest BCUT2D eigenvalue weighted by atomic mass is 10.2. The van der Waals surface area contributed by atoms with Crippen molar-refractivity contribution in [3.05, 3.63) is 33.2 Å². The Hall–Kier alpha value is -1.14. The van der Waals surface area contributed by atoms with Gasteiger partial charge in [-0.25, -0.2) is 0 Å². The van der Waals surface area contributed by atoms with Gasteiger partial charge < -0.3 is 14.2 Å². The van der Waals surface area contributed by atoms with Crippen LogP contribution in [0.3, 0.4) is 0 Å². The minimum atomic E-state index is -0.0932. The standard InChI is InChI=1S/C14H19BrN2O3/c1-10-9-20-11(2)7-17(10)14(19)5-6-16-8-12(15)3-4-13(16)18/h3-4,8,10-11H,5-7,9H2,1-2H3/t10-,11-/m1/s1. The van der Waals surface area contributed by atoms with E-state index in [9.17, 15) is 9.59 Å². The van der Waals surface area contributed by atoms with Gasteiger partial charge in [-0.2, -0.15) is 0 Å². The quantitative estimate of drug-likeness (QED) is 0.838. The first-order valence-corrected chi connectivity index (χ1v) is 7.53. The molecule has 0 radical (unpaired) electrons. The van der Waals surface area contributed by atoms with Crippen LogP contribution in [0, 0.1) is 0 Å². The van der Waals surface area contributed by atoms with Crippen molar-refractivity contribution in [2.75, 3.05) is 13.2 Å². The van der Waals surface area contributed by atoms with E-state index in [0.29, 0.717) is 26.1 Å². The number of morpholine rings is 1. The van der Waals surface area contributed by atoms with Crippen LogP contribution in [0.4, 0.5) is 0 Å². The Balaban J connectivity index is 1.98. The number of hydrogen-bond acceptors (Lipinski definition) is 3. The van der Waals surface area contributed by atoms with Crippen LogP contribution in [-0.2, 0) is 16.1 Å². The average molecular weight is 343 g/mol. The molecule has 2 rings (SSSR count). The van der Waals surface area contributed by atoms with Gasteiger partial charge in [0.1, 0.15) is 0 Å². The number of ether oxygens (including phenoxy) is 1. The molecule has 0 bridgehead atoms. The zero-order valence-electron chi connectivity index (χ0n) is 11.7. The Morgan fingerprint density at radius 1 is 1.45 bits per heavy atom. The molecule has 110 valence electrons. The maximum Gasteiger partial charge on any atom is 0.250 e. The van der Waals surface area contributed by atoms with E-state index in [1.807, 2.05) is 18.7 Å². The number of aryl methyl sites for hydroxylation is 1. The first-order valence-electron chi connectivity index (χ1n) is 6.74. The van der Waals surface area contributed by atoms with Crippen LogP contribution in [0.5, 0.6) is 0 Å². The van der Waals surface area contributed by atoms with E-state index < -0.39 is 0 Å². The van der Waals surface area contributed by atoms with Crippen molar-refractivity contribution in [1.82, 2.24) is 9.47 Å². The molecule has 1 fully saturated rings. The zero-order valence-corrected chi connectivity index (χ0v) is 13.3. The van der Waals surface area contributed by atoms with E-state index in [-0.39, 0.29) is 23.6 Å². The predicted octanol–water partition coefficient (Wildman–Crippen LogP) is 1.64. The van der Waals surface area contributed by atoms with Crippen LogP contribution in [0.2, 0.25) is 0 Å². The van der Waals surface area contributed by atoms with Crippen molar-refractivity contribution >= 4 is 21.8 Å². The third-order valence-electron chi connectivity index (χ3n) is 3.44. The van der Waals surface area contributed by atoms with Crippen LogP contribution in [0.15, 0.2) is 27.6 Å². The first kappa shape index (κ1) is 15.3. The molecule has 2 heterocycles. The number of amides is 1. The van der Waals surface area contributed by atoms with E-state index in [1.165, 1.54) is 6.07 Å². The van der Waals surface area contributed by atoms with E-state index >= 15 is 0 Å². The third kappa shape index (κ3) is 3.70. The van der Waals surface area contributed by atoms with Gasteiger partial charge in [-0.15, -0.1) is 0 Å². The largest absolute Gasteiger partial charge is 0.375 e. The molecule has 1 aliphatic rings. The lowest BCUT2D eigenvalue weighted by Crippen LogP contribution is -2.50. The molecule has 6 heteroatoms. The molecule has 0 saturated carbocycles. The molecule has 0 N–H and O–H groups in total. The van der Waals surface area contributed by atoms with Gasteiger partial charge in [0.25, 0.3) is 5.56 Å². The maximum atomic E-state index is 12.3. The summed E-state index contributed by atoms with van der Waals surface area (Å²) in [6.45, 7) is 5.53. The fourth-order valence-electron chi connectivity index (χ4n) is 2.29. The third-order valence-corrected chi connectivity index (χ3v) is 3.91. The number of halogens is 1. The molecule has 0 aliphatic carbocycles. The maximum absolute atomic E-state index is 12.3. The summed E-state index contributed by atoms with van der Waals surface area (Å²) in [5.41, 5.74) is -0.0932. The normalized spacial score (nSPS) is 22.9. The smallest absolute Gasteiger partial charge is 0.250 e. The van der Waals surface area contributed by atoms with Crippen molar-refractivity contribution in [1.29, 1.82) is 0 Å². The van der Waals surface area contributed by atoms with Crippen LogP contribution in [0.1, 0.15) is 20.3 Å². The summed E-state index contributed by atoms with van der Waals surface area (Å²) in [5, 5.41) is 0. The van der Waals surface area contributed by atoms with Crippen molar-refractivity contribution in [3.63, 3.8) is 0 Å². The fourth-order valence-corrected chi connectivity index (χ4v) is 2.67. The number of rotatable bonds is 3. The number of hydrogen-bond donors (Lipinski definition) is 0. The molecule has 2 atom stereocenters. The van der Waals surface area contributed by atoms with Gasteiger partial charge in [-0.05, 0) is 35.8 Å². The van der Waals surface area contributed by atoms with Crippen molar-refractivity contribution in [2.45, 2.75) is 39.0 Å². The van der Waals surface area contributed by atoms with Gasteiger partial charge in [0.05, 0.1) is 18.8 Å². The highest BCUT2D eigenvalue weighted by atomic mass is 79.9. The fraction of sp³-hybridized carbons (Fsp3) is 0.571. The molecular weight excluding hydrogens is 324 g/mol. The Morgan fingerprint density at radius 2 is 2.20 bits per heavy atom. The predicted molar refractivity (Wildman–Crippen MR) is 79.6 cm³/mol. The Kier molecular flexibility index (Phi) is 4.99. The van der Waals surface area contributed by atoms with Crippen LogP contribution in [-0.4, -0.2) is 40.7 Å². The zero-order chi connectivity index (χ0) is 14.7. The molecule has 0 unspecified atom stereocenters. The molecule has 1 amide bonds. The molecule has 1 saturated heterocycles. The number of pyridine rings is 1. The minimum Gasteiger partial charge on any atom is -0.375 e. The van der Waals surface area contributed by atoms with Gasteiger partial charge in [0.2, 0.25) is 5.91 Å². The highest BCUT2D eigenvalue weighted by Crippen LogP contribution is 2.13. The lowest BCUT2D eigenvalue weighted by Gasteiger charge is -2.36. The summed E-state index contributed by atoms with van der Waals surface area (Å²) in [5.74, 6) is 0.0690. The number of nitrogens with zero attached hydrogens (tertiary/aromatic N) is 2. The molecule has 1 aromatic rings. The SMILES string of the molecule is C[C@@H]1CN(C(=O)CCn2cc(Br)ccc2=O)[C@H](C)CO1. The minimum absolute atomic E-state index is 0.0690. The molecule has 5 nitrogen and oxygen atoms in total. The lowest BCUT2D eigenvalue weighted by molar-refractivity contribution is -0.143.